The van der Waals surface area contributed by atoms with Gasteiger partial charge in [0.1, 0.15) is 0 Å². The number of hydrazine groups is 1. The van der Waals surface area contributed by atoms with Gasteiger partial charge in [-0.1, -0.05) is 17.7 Å². The highest BCUT2D eigenvalue weighted by molar-refractivity contribution is 7.80. The van der Waals surface area contributed by atoms with E-state index >= 15 is 0 Å². The summed E-state index contributed by atoms with van der Waals surface area (Å²) < 4.78 is 0. The molecule has 1 aliphatic carbocycles. The average molecular weight is 277 g/mol. The summed E-state index contributed by atoms with van der Waals surface area (Å²) in [6.45, 7) is 1.95. The number of nitrogens with one attached hydrogen (secondary N) is 3. The van der Waals surface area contributed by atoms with Crippen LogP contribution >= 0.6 is 12.2 Å². The van der Waals surface area contributed by atoms with Crippen LogP contribution in [-0.2, 0) is 4.79 Å². The Morgan fingerprint density at radius 3 is 2.37 bits per heavy atom. The van der Waals surface area contributed by atoms with Crippen molar-refractivity contribution in [2.45, 2.75) is 19.8 Å². The van der Waals surface area contributed by atoms with E-state index in [2.05, 4.69) is 16.2 Å². The number of carbonyl (C=O) groups excluding carboxylic acids is 2. The Kier molecular flexibility index (Phi) is 4.11. The van der Waals surface area contributed by atoms with Gasteiger partial charge in [0.25, 0.3) is 5.91 Å². The molecule has 0 heterocycles. The van der Waals surface area contributed by atoms with E-state index in [1.165, 1.54) is 0 Å². The molecule has 0 spiro atoms. The molecule has 1 saturated carbocycles. The minimum Gasteiger partial charge on any atom is -0.298 e. The number of benzene rings is 1. The summed E-state index contributed by atoms with van der Waals surface area (Å²) in [5.41, 5.74) is 6.58. The zero-order valence-electron chi connectivity index (χ0n) is 10.5. The molecule has 100 valence electrons. The maximum Gasteiger partial charge on any atom is 0.257 e. The standard InChI is InChI=1S/C13H15N3O2S/c1-8-2-4-9(5-3-8)11(17)14-13(19)16-15-12(18)10-6-7-10/h2-5,10H,6-7H2,1H3,(H,15,18)(H2,14,16,17,19). The topological polar surface area (TPSA) is 70.2 Å². The Hall–Kier alpha value is -1.95. The van der Waals surface area contributed by atoms with Crippen molar-refractivity contribution in [1.29, 1.82) is 0 Å². The van der Waals surface area contributed by atoms with Crippen molar-refractivity contribution in [2.75, 3.05) is 0 Å². The molecule has 1 aromatic carbocycles. The zero-order valence-corrected chi connectivity index (χ0v) is 11.3. The number of aryl methyl sites for hydroxylation is 1. The summed E-state index contributed by atoms with van der Waals surface area (Å²) in [6.07, 6.45) is 1.83. The monoisotopic (exact) mass is 277 g/mol. The molecule has 1 aromatic rings. The van der Waals surface area contributed by atoms with Crippen molar-refractivity contribution in [3.63, 3.8) is 0 Å². The molecule has 0 radical (unpaired) electrons. The summed E-state index contributed by atoms with van der Waals surface area (Å²) in [5, 5.41) is 2.58. The van der Waals surface area contributed by atoms with E-state index in [1.54, 1.807) is 12.1 Å². The summed E-state index contributed by atoms with van der Waals surface area (Å²) >= 11 is 4.92. The first-order chi connectivity index (χ1) is 9.06. The molecule has 19 heavy (non-hydrogen) atoms. The molecule has 0 unspecified atom stereocenters. The predicted octanol–water partition coefficient (Wildman–Crippen LogP) is 1.04. The van der Waals surface area contributed by atoms with Crippen LogP contribution in [0.5, 0.6) is 0 Å². The van der Waals surface area contributed by atoms with Crippen LogP contribution in [-0.4, -0.2) is 16.9 Å². The molecule has 0 aliphatic heterocycles. The van der Waals surface area contributed by atoms with Gasteiger partial charge in [0.2, 0.25) is 5.91 Å². The molecule has 0 saturated heterocycles. The predicted molar refractivity (Wildman–Crippen MR) is 75.2 cm³/mol. The number of hydrogen-bond donors (Lipinski definition) is 3. The van der Waals surface area contributed by atoms with Crippen molar-refractivity contribution < 1.29 is 9.59 Å². The van der Waals surface area contributed by atoms with Crippen LogP contribution in [0.4, 0.5) is 0 Å². The first-order valence-electron chi connectivity index (χ1n) is 6.04. The third-order valence-corrected chi connectivity index (χ3v) is 2.99. The van der Waals surface area contributed by atoms with Gasteiger partial charge in [-0.3, -0.25) is 25.8 Å². The first-order valence-corrected chi connectivity index (χ1v) is 6.45. The Morgan fingerprint density at radius 2 is 1.79 bits per heavy atom. The quantitative estimate of drug-likeness (QED) is 0.558. The lowest BCUT2D eigenvalue weighted by molar-refractivity contribution is -0.122. The molecule has 1 aliphatic rings. The molecule has 5 nitrogen and oxygen atoms in total. The third-order valence-electron chi connectivity index (χ3n) is 2.79. The van der Waals surface area contributed by atoms with Crippen LogP contribution in [0.1, 0.15) is 28.8 Å². The van der Waals surface area contributed by atoms with E-state index in [0.29, 0.717) is 5.56 Å². The second-order valence-corrected chi connectivity index (χ2v) is 4.95. The number of amides is 2. The SMILES string of the molecule is Cc1ccc(C(=O)NC(=S)NNC(=O)C2CC2)cc1. The van der Waals surface area contributed by atoms with Crippen LogP contribution in [0, 0.1) is 12.8 Å². The fourth-order valence-electron chi connectivity index (χ4n) is 1.48. The Morgan fingerprint density at radius 1 is 1.16 bits per heavy atom. The molecular formula is C13H15N3O2S. The number of rotatable bonds is 2. The fraction of sp³-hybridized carbons (Fsp3) is 0.308. The lowest BCUT2D eigenvalue weighted by atomic mass is 10.1. The van der Waals surface area contributed by atoms with Crippen LogP contribution in [0.15, 0.2) is 24.3 Å². The second-order valence-electron chi connectivity index (χ2n) is 4.54. The van der Waals surface area contributed by atoms with Gasteiger partial charge >= 0.3 is 0 Å². The molecule has 2 rings (SSSR count). The van der Waals surface area contributed by atoms with Crippen molar-refractivity contribution in [3.05, 3.63) is 35.4 Å². The molecule has 6 heteroatoms. The molecule has 0 atom stereocenters. The maximum absolute atomic E-state index is 11.8. The lowest BCUT2D eigenvalue weighted by Crippen LogP contribution is -2.48. The van der Waals surface area contributed by atoms with Gasteiger partial charge in [-0.15, -0.1) is 0 Å². The molecule has 0 bridgehead atoms. The van der Waals surface area contributed by atoms with E-state index < -0.39 is 0 Å². The highest BCUT2D eigenvalue weighted by Gasteiger charge is 2.29. The summed E-state index contributed by atoms with van der Waals surface area (Å²) in [7, 11) is 0. The Labute approximate surface area is 116 Å². The van der Waals surface area contributed by atoms with Crippen LogP contribution < -0.4 is 16.2 Å². The van der Waals surface area contributed by atoms with Crippen LogP contribution in [0.3, 0.4) is 0 Å². The lowest BCUT2D eigenvalue weighted by Gasteiger charge is -2.10. The average Bonchev–Trinajstić information content (AvgIpc) is 3.21. The maximum atomic E-state index is 11.8. The Balaban J connectivity index is 1.79. The van der Waals surface area contributed by atoms with Gasteiger partial charge in [0.15, 0.2) is 5.11 Å². The summed E-state index contributed by atoms with van der Waals surface area (Å²) in [6, 6.07) is 7.13. The van der Waals surface area contributed by atoms with Crippen molar-refractivity contribution in [2.24, 2.45) is 5.92 Å². The Bertz CT molecular complexity index is 509. The normalized spacial score (nSPS) is 13.5. The summed E-state index contributed by atoms with van der Waals surface area (Å²) in [5.74, 6) is -0.312. The smallest absolute Gasteiger partial charge is 0.257 e. The highest BCUT2D eigenvalue weighted by atomic mass is 32.1. The van der Waals surface area contributed by atoms with Crippen LogP contribution in [0.25, 0.3) is 0 Å². The minimum absolute atomic E-state index is 0.0829. The molecule has 3 N–H and O–H groups in total. The van der Waals surface area contributed by atoms with Crippen molar-refractivity contribution >= 4 is 29.1 Å². The zero-order chi connectivity index (χ0) is 13.8. The molecule has 1 fully saturated rings. The van der Waals surface area contributed by atoms with E-state index in [1.807, 2.05) is 19.1 Å². The third kappa shape index (κ3) is 4.03. The number of thiocarbonyl (C=S) groups is 1. The fourth-order valence-corrected chi connectivity index (χ4v) is 1.62. The van der Waals surface area contributed by atoms with E-state index in [4.69, 9.17) is 12.2 Å². The highest BCUT2D eigenvalue weighted by Crippen LogP contribution is 2.28. The van der Waals surface area contributed by atoms with Gasteiger partial charge in [-0.2, -0.15) is 0 Å². The molecular weight excluding hydrogens is 262 g/mol. The first kappa shape index (κ1) is 13.5. The second kappa shape index (κ2) is 5.79. The summed E-state index contributed by atoms with van der Waals surface area (Å²) in [4.78, 5) is 23.2. The van der Waals surface area contributed by atoms with Gasteiger partial charge < -0.3 is 0 Å². The molecule has 2 amide bonds. The van der Waals surface area contributed by atoms with Crippen molar-refractivity contribution in [3.8, 4) is 0 Å². The van der Waals surface area contributed by atoms with Gasteiger partial charge in [-0.25, -0.2) is 0 Å². The van der Waals surface area contributed by atoms with Gasteiger partial charge in [0, 0.05) is 11.5 Å². The number of carbonyl (C=O) groups is 2. The van der Waals surface area contributed by atoms with Crippen molar-refractivity contribution in [1.82, 2.24) is 16.2 Å². The van der Waals surface area contributed by atoms with Gasteiger partial charge in [-0.05, 0) is 44.1 Å². The van der Waals surface area contributed by atoms with Gasteiger partial charge in [0.05, 0.1) is 0 Å². The van der Waals surface area contributed by atoms with Crippen LogP contribution in [0.2, 0.25) is 0 Å². The van der Waals surface area contributed by atoms with E-state index in [-0.39, 0.29) is 22.8 Å². The molecule has 0 aromatic heterocycles. The van der Waals surface area contributed by atoms with E-state index in [9.17, 15) is 9.59 Å². The van der Waals surface area contributed by atoms with E-state index in [0.717, 1.165) is 18.4 Å². The minimum atomic E-state index is -0.307. The number of hydrogen-bond acceptors (Lipinski definition) is 3. The largest absolute Gasteiger partial charge is 0.298 e.